The summed E-state index contributed by atoms with van der Waals surface area (Å²) in [7, 11) is 0. The molecule has 53 heavy (non-hydrogen) atoms. The quantitative estimate of drug-likeness (QED) is 0.0541. The number of amides is 6. The maximum atomic E-state index is 14.1. The van der Waals surface area contributed by atoms with Gasteiger partial charge in [0.05, 0.1) is 0 Å². The van der Waals surface area contributed by atoms with Gasteiger partial charge in [-0.15, -0.1) is 0 Å². The van der Waals surface area contributed by atoms with E-state index in [0.29, 0.717) is 0 Å². The van der Waals surface area contributed by atoms with Crippen LogP contribution >= 0.6 is 0 Å². The Hall–Kier alpha value is -5.06. The molecule has 0 unspecified atom stereocenters. The fourth-order valence-corrected chi connectivity index (χ4v) is 4.91. The first-order chi connectivity index (χ1) is 25.1. The molecule has 6 amide bonds. The van der Waals surface area contributed by atoms with Crippen molar-refractivity contribution < 1.29 is 52.4 Å². The fourth-order valence-electron chi connectivity index (χ4n) is 4.91. The molecule has 17 nitrogen and oxygen atoms in total. The summed E-state index contributed by atoms with van der Waals surface area (Å²) in [6.45, 7) is 6.73. The molecule has 0 aromatic carbocycles. The van der Waals surface area contributed by atoms with Gasteiger partial charge in [-0.1, -0.05) is 39.8 Å². The van der Waals surface area contributed by atoms with Crippen LogP contribution < -0.4 is 21.7 Å². The molecule has 0 aliphatic heterocycles. The highest BCUT2D eigenvalue weighted by Gasteiger charge is 2.41. The van der Waals surface area contributed by atoms with Crippen molar-refractivity contribution in [2.75, 3.05) is 52.4 Å². The van der Waals surface area contributed by atoms with Crippen molar-refractivity contribution in [3.63, 3.8) is 0 Å². The molecule has 0 rings (SSSR count). The van der Waals surface area contributed by atoms with E-state index in [2.05, 4.69) is 21.7 Å². The number of hydrogen-bond acceptors (Lipinski definition) is 10. The largest absolute Gasteiger partial charge is 0.337 e. The average Bonchev–Trinajstić information content (AvgIpc) is 3.12. The second-order valence-electron chi connectivity index (χ2n) is 12.4. The molecule has 0 bridgehead atoms. The van der Waals surface area contributed by atoms with E-state index in [1.807, 2.05) is 0 Å². The molecule has 0 heterocycles. The zero-order valence-corrected chi connectivity index (χ0v) is 32.0. The van der Waals surface area contributed by atoms with Gasteiger partial charge in [-0.25, -0.2) is 0 Å². The Labute approximate surface area is 311 Å². The summed E-state index contributed by atoms with van der Waals surface area (Å²) in [5, 5.41) is 0. The van der Waals surface area contributed by atoms with E-state index in [-0.39, 0.29) is 101 Å². The lowest BCUT2D eigenvalue weighted by atomic mass is 10.1. The van der Waals surface area contributed by atoms with Gasteiger partial charge in [-0.2, -0.15) is 0 Å². The molecule has 17 heteroatoms. The Morgan fingerprint density at radius 3 is 0.981 bits per heavy atom. The minimum atomic E-state index is -0.892. The molecular formula is C36H58N7O10+. The van der Waals surface area contributed by atoms with Crippen molar-refractivity contribution in [1.82, 2.24) is 31.5 Å². The molecule has 0 fully saturated rings. The maximum Gasteiger partial charge on any atom is 0.293 e. The standard InChI is InChI=1S/C36H57N7O10/c1-7-13-31(48)37-39-33(50)23-43(24-34(51)40-38-32(49)14-8-2,25-35(52)41(19-15-27(44)9-3)20-16-28(45)10-4)26-36(53)42(21-17-29(46)11-5)22-18-30(47)12-6/h7-8,13-14H,9-12,15-26H2,1-6H3,(H3-,37,38,39,40,48,49,50,51)/p+1. The number of nitrogens with zero attached hydrogens (tertiary/aromatic N) is 3. The molecular weight excluding hydrogens is 690 g/mol. The van der Waals surface area contributed by atoms with Crippen molar-refractivity contribution in [1.29, 1.82) is 0 Å². The van der Waals surface area contributed by atoms with Crippen molar-refractivity contribution in [3.8, 4) is 0 Å². The zero-order chi connectivity index (χ0) is 40.4. The lowest BCUT2D eigenvalue weighted by Gasteiger charge is -2.39. The second kappa shape index (κ2) is 26.7. The summed E-state index contributed by atoms with van der Waals surface area (Å²) >= 11 is 0. The summed E-state index contributed by atoms with van der Waals surface area (Å²) in [5.41, 5.74) is 8.79. The Bertz CT molecular complexity index is 1230. The smallest absolute Gasteiger partial charge is 0.293 e. The van der Waals surface area contributed by atoms with E-state index in [9.17, 15) is 47.9 Å². The van der Waals surface area contributed by atoms with Crippen molar-refractivity contribution >= 4 is 58.6 Å². The van der Waals surface area contributed by atoms with Gasteiger partial charge in [-0.3, -0.25) is 74.1 Å². The topological polar surface area (TPSA) is 225 Å². The summed E-state index contributed by atoms with van der Waals surface area (Å²) in [5.74, 6) is -5.11. The minimum absolute atomic E-state index is 0.0267. The zero-order valence-electron chi connectivity index (χ0n) is 32.0. The lowest BCUT2D eigenvalue weighted by Crippen LogP contribution is -2.65. The van der Waals surface area contributed by atoms with E-state index in [1.165, 1.54) is 22.0 Å². The predicted octanol–water partition coefficient (Wildman–Crippen LogP) is 0.384. The van der Waals surface area contributed by atoms with E-state index in [0.717, 1.165) is 12.2 Å². The monoisotopic (exact) mass is 748 g/mol. The van der Waals surface area contributed by atoms with Gasteiger partial charge in [-0.05, 0) is 13.8 Å². The summed E-state index contributed by atoms with van der Waals surface area (Å²) in [6, 6.07) is 0. The molecule has 0 radical (unpaired) electrons. The highest BCUT2D eigenvalue weighted by Crippen LogP contribution is 2.13. The SMILES string of the molecule is CC=CC(=O)NNC(=O)C[N+](CC(=O)NNC(=O)C=CC)(CC(=O)N(CCC(=O)CC)CCC(=O)CC)CC(=O)N(CCC(=O)CC)CCC(=O)CC. The third-order valence-corrected chi connectivity index (χ3v) is 8.11. The van der Waals surface area contributed by atoms with Crippen LogP contribution in [0.15, 0.2) is 24.3 Å². The van der Waals surface area contributed by atoms with Crippen LogP contribution in [0.1, 0.15) is 92.9 Å². The molecule has 296 valence electrons. The first-order valence-electron chi connectivity index (χ1n) is 18.0. The van der Waals surface area contributed by atoms with E-state index < -0.39 is 66.1 Å². The van der Waals surface area contributed by atoms with Crippen LogP contribution in [0.3, 0.4) is 0 Å². The maximum absolute atomic E-state index is 14.1. The highest BCUT2D eigenvalue weighted by atomic mass is 16.2. The normalized spacial score (nSPS) is 11.1. The van der Waals surface area contributed by atoms with Crippen LogP contribution in [-0.4, -0.2) is 125 Å². The molecule has 0 saturated carbocycles. The van der Waals surface area contributed by atoms with Crippen LogP contribution in [0.5, 0.6) is 0 Å². The number of Topliss-reactive ketones (excluding diaryl/α,β-unsaturated/α-hetero) is 4. The molecule has 0 aliphatic carbocycles. The second-order valence-corrected chi connectivity index (χ2v) is 12.4. The van der Waals surface area contributed by atoms with Gasteiger partial charge in [0.2, 0.25) is 0 Å². The Morgan fingerprint density at radius 2 is 0.736 bits per heavy atom. The van der Waals surface area contributed by atoms with Crippen molar-refractivity contribution in [2.24, 2.45) is 0 Å². The molecule has 0 atom stereocenters. The predicted molar refractivity (Wildman–Crippen MR) is 195 cm³/mol. The number of hydrazine groups is 2. The van der Waals surface area contributed by atoms with Crippen molar-refractivity contribution in [3.05, 3.63) is 24.3 Å². The third-order valence-electron chi connectivity index (χ3n) is 8.11. The molecule has 0 saturated heterocycles. The molecule has 0 aromatic heterocycles. The number of carbonyl (C=O) groups excluding carboxylic acids is 10. The van der Waals surface area contributed by atoms with E-state index in [4.69, 9.17) is 0 Å². The van der Waals surface area contributed by atoms with Crippen LogP contribution in [0.25, 0.3) is 0 Å². The van der Waals surface area contributed by atoms with Crippen LogP contribution in [-0.2, 0) is 47.9 Å². The minimum Gasteiger partial charge on any atom is -0.337 e. The van der Waals surface area contributed by atoms with Gasteiger partial charge in [0, 0.05) is 89.7 Å². The van der Waals surface area contributed by atoms with Gasteiger partial charge in [0.1, 0.15) is 23.1 Å². The molecule has 4 N–H and O–H groups in total. The van der Waals surface area contributed by atoms with Gasteiger partial charge >= 0.3 is 0 Å². The molecule has 0 spiro atoms. The number of carbonyl (C=O) groups is 10. The molecule has 0 aromatic rings. The van der Waals surface area contributed by atoms with E-state index >= 15 is 0 Å². The summed E-state index contributed by atoms with van der Waals surface area (Å²) < 4.78 is -0.881. The number of quaternary nitrogens is 1. The van der Waals surface area contributed by atoms with Gasteiger partial charge in [0.25, 0.3) is 35.4 Å². The lowest BCUT2D eigenvalue weighted by molar-refractivity contribution is -0.898. The number of nitrogens with one attached hydrogen (secondary N) is 4. The van der Waals surface area contributed by atoms with Crippen LogP contribution in [0.2, 0.25) is 0 Å². The number of rotatable bonds is 26. The van der Waals surface area contributed by atoms with E-state index in [1.54, 1.807) is 41.5 Å². The number of hydrogen-bond donors (Lipinski definition) is 4. The Morgan fingerprint density at radius 1 is 0.453 bits per heavy atom. The number of ketones is 4. The average molecular weight is 749 g/mol. The van der Waals surface area contributed by atoms with Crippen LogP contribution in [0, 0.1) is 0 Å². The van der Waals surface area contributed by atoms with Gasteiger partial charge < -0.3 is 9.80 Å². The third kappa shape index (κ3) is 21.2. The Kier molecular flexibility index (Phi) is 24.1. The van der Waals surface area contributed by atoms with Crippen molar-refractivity contribution in [2.45, 2.75) is 92.9 Å². The first kappa shape index (κ1) is 47.9. The summed E-state index contributed by atoms with van der Waals surface area (Å²) in [4.78, 5) is 131. The Balaban J connectivity index is 7.13. The number of allylic oxidation sites excluding steroid dienone is 2. The van der Waals surface area contributed by atoms with Gasteiger partial charge in [0.15, 0.2) is 26.2 Å². The first-order valence-corrected chi connectivity index (χ1v) is 18.0. The van der Waals surface area contributed by atoms with Crippen LogP contribution in [0.4, 0.5) is 0 Å². The fraction of sp³-hybridized carbons (Fsp3) is 0.611. The summed E-state index contributed by atoms with van der Waals surface area (Å²) in [6.07, 6.45) is 5.84. The molecule has 0 aliphatic rings. The highest BCUT2D eigenvalue weighted by molar-refractivity contribution is 5.91.